The molecule has 1 unspecified atom stereocenters. The maximum atomic E-state index is 12.9. The van der Waals surface area contributed by atoms with Gasteiger partial charge in [0.05, 0.1) is 29.4 Å². The van der Waals surface area contributed by atoms with Crippen LogP contribution in [0.4, 0.5) is 5.13 Å². The van der Waals surface area contributed by atoms with Crippen LogP contribution in [-0.4, -0.2) is 109 Å². The third-order valence-electron chi connectivity index (χ3n) is 5.02. The number of thioether (sulfide) groups is 1. The molecule has 0 saturated carbocycles. The van der Waals surface area contributed by atoms with E-state index in [2.05, 4.69) is 20.3 Å². The number of carbonyl (C=O) groups excluding carboxylic acids is 3. The molecule has 1 saturated heterocycles. The standard InChI is InChI=1S/C18H22N6O11S4.Na/c1-38(31,32)20-2-3-39(33,34)7-8-5-36-16-12(15(28)24(16)13(8)17(29)30)22-14(27)11(23-35-4-10(25)26)9-6-37-18(19)21-9;/h6,12,16,20H,2-5,7H2,1H3,(H2,19,21)(H,22,27)(H,25,26)(H,29,30);/q;+1/p-1/b23-11-;/t12?,16-;/m1./s1. The average Bonchev–Trinajstić information content (AvgIpc) is 3.23. The summed E-state index contributed by atoms with van der Waals surface area (Å²) in [7, 11) is -7.62. The van der Waals surface area contributed by atoms with Gasteiger partial charge in [-0.2, -0.15) is 0 Å². The minimum atomic E-state index is -3.98. The largest absolute Gasteiger partial charge is 1.00 e. The molecule has 0 spiro atoms. The van der Waals surface area contributed by atoms with Gasteiger partial charge in [0.25, 0.3) is 11.8 Å². The molecule has 2 atom stereocenters. The number of nitrogens with two attached hydrogens (primary N) is 1. The number of nitrogen functional groups attached to an aromatic ring is 1. The number of amides is 2. The van der Waals surface area contributed by atoms with E-state index in [1.807, 2.05) is 4.72 Å². The van der Waals surface area contributed by atoms with Crippen molar-refractivity contribution in [2.75, 3.05) is 42.4 Å². The number of rotatable bonds is 13. The van der Waals surface area contributed by atoms with Gasteiger partial charge in [-0.25, -0.2) is 31.3 Å². The maximum Gasteiger partial charge on any atom is 1.00 e. The van der Waals surface area contributed by atoms with Crippen LogP contribution in [0.15, 0.2) is 21.8 Å². The van der Waals surface area contributed by atoms with Crippen LogP contribution in [0.1, 0.15) is 5.69 Å². The van der Waals surface area contributed by atoms with Crippen LogP contribution in [0.3, 0.4) is 0 Å². The number of sulfone groups is 1. The number of carbonyl (C=O) groups is 4. The number of nitrogens with zero attached hydrogens (tertiary/aromatic N) is 3. The molecule has 1 fully saturated rings. The molecule has 0 radical (unpaired) electrons. The summed E-state index contributed by atoms with van der Waals surface area (Å²) >= 11 is 1.94. The van der Waals surface area contributed by atoms with E-state index in [4.69, 9.17) is 10.8 Å². The molecule has 0 aliphatic carbocycles. The second-order valence-electron chi connectivity index (χ2n) is 8.04. The fourth-order valence-electron chi connectivity index (χ4n) is 3.47. The van der Waals surface area contributed by atoms with Crippen LogP contribution in [0, 0.1) is 0 Å². The van der Waals surface area contributed by atoms with Crippen molar-refractivity contribution >= 4 is 77.6 Å². The van der Waals surface area contributed by atoms with Gasteiger partial charge in [0.15, 0.2) is 20.7 Å². The summed E-state index contributed by atoms with van der Waals surface area (Å²) < 4.78 is 49.3. The van der Waals surface area contributed by atoms with Crippen LogP contribution in [0.5, 0.6) is 0 Å². The summed E-state index contributed by atoms with van der Waals surface area (Å²) in [5.74, 6) is -6.56. The molecule has 2 aliphatic heterocycles. The molecular weight excluding hydrogens is 627 g/mol. The third-order valence-corrected chi connectivity index (χ3v) is 9.38. The van der Waals surface area contributed by atoms with Gasteiger partial charge < -0.3 is 30.9 Å². The average molecular weight is 649 g/mol. The van der Waals surface area contributed by atoms with Gasteiger partial charge in [-0.05, 0) is 5.57 Å². The number of hydrogen-bond donors (Lipinski definition) is 4. The molecule has 17 nitrogen and oxygen atoms in total. The minimum Gasteiger partial charge on any atom is -0.543 e. The summed E-state index contributed by atoms with van der Waals surface area (Å²) in [5, 5.41) is 26.9. The van der Waals surface area contributed by atoms with Gasteiger partial charge >= 0.3 is 35.5 Å². The number of aromatic nitrogens is 1. The van der Waals surface area contributed by atoms with E-state index in [0.717, 1.165) is 34.3 Å². The Hall–Kier alpha value is -2.27. The Bertz CT molecular complexity index is 1470. The number of aliphatic carboxylic acids is 2. The third kappa shape index (κ3) is 8.61. The van der Waals surface area contributed by atoms with Crippen LogP contribution in [0.2, 0.25) is 0 Å². The molecule has 2 amide bonds. The van der Waals surface area contributed by atoms with Crippen molar-refractivity contribution in [1.29, 1.82) is 0 Å². The number of fused-ring (bicyclic) bond motifs is 1. The number of thiazole rings is 1. The Morgan fingerprint density at radius 1 is 1.32 bits per heavy atom. The summed E-state index contributed by atoms with van der Waals surface area (Å²) in [4.78, 5) is 57.7. The van der Waals surface area contributed by atoms with Crippen molar-refractivity contribution in [3.05, 3.63) is 22.3 Å². The van der Waals surface area contributed by atoms with Gasteiger partial charge in [-0.1, -0.05) is 5.16 Å². The van der Waals surface area contributed by atoms with E-state index in [9.17, 15) is 41.1 Å². The number of sulfonamides is 1. The van der Waals surface area contributed by atoms with Crippen LogP contribution < -0.4 is 50.4 Å². The number of carboxylic acid groups (broad SMARTS) is 2. The van der Waals surface area contributed by atoms with Gasteiger partial charge in [-0.3, -0.25) is 14.5 Å². The normalized spacial score (nSPS) is 19.3. The summed E-state index contributed by atoms with van der Waals surface area (Å²) in [5.41, 5.74) is 4.24. The molecule has 40 heavy (non-hydrogen) atoms. The second-order valence-corrected chi connectivity index (χ2v) is 14.0. The zero-order valence-electron chi connectivity index (χ0n) is 20.8. The summed E-state index contributed by atoms with van der Waals surface area (Å²) in [6, 6.07) is -1.25. The monoisotopic (exact) mass is 648 g/mol. The molecule has 214 valence electrons. The molecule has 1 aromatic rings. The summed E-state index contributed by atoms with van der Waals surface area (Å²) in [6.07, 6.45) is 0.850. The molecule has 0 bridgehead atoms. The van der Waals surface area contributed by atoms with Crippen molar-refractivity contribution in [2.24, 2.45) is 5.16 Å². The second kappa shape index (κ2) is 13.6. The molecule has 1 aromatic heterocycles. The van der Waals surface area contributed by atoms with E-state index in [-0.39, 0.29) is 51.7 Å². The first-order chi connectivity index (χ1) is 18.1. The minimum absolute atomic E-state index is 0. The quantitative estimate of drug-likeness (QED) is 0.0670. The Morgan fingerprint density at radius 2 is 2.00 bits per heavy atom. The molecule has 2 aliphatic rings. The van der Waals surface area contributed by atoms with Crippen molar-refractivity contribution in [2.45, 2.75) is 11.4 Å². The summed E-state index contributed by atoms with van der Waals surface area (Å²) in [6.45, 7) is -1.30. The van der Waals surface area contributed by atoms with Gasteiger partial charge in [0.2, 0.25) is 16.6 Å². The predicted molar refractivity (Wildman–Crippen MR) is 135 cm³/mol. The zero-order chi connectivity index (χ0) is 29.1. The number of carboxylic acids is 2. The van der Waals surface area contributed by atoms with Crippen molar-refractivity contribution in [3.63, 3.8) is 0 Å². The Balaban J connectivity index is 0.00000560. The number of nitrogens with one attached hydrogen (secondary N) is 2. The van der Waals surface area contributed by atoms with Crippen molar-refractivity contribution < 1.29 is 80.6 Å². The maximum absolute atomic E-state index is 12.9. The first kappa shape index (κ1) is 33.9. The molecule has 3 heterocycles. The molecule has 0 aromatic carbocycles. The van der Waals surface area contributed by atoms with Crippen LogP contribution in [0.25, 0.3) is 0 Å². The van der Waals surface area contributed by atoms with Gasteiger partial charge in [-0.15, -0.1) is 23.1 Å². The van der Waals surface area contributed by atoms with E-state index >= 15 is 0 Å². The number of hydrogen-bond acceptors (Lipinski definition) is 15. The predicted octanol–water partition coefficient (Wildman–Crippen LogP) is -7.10. The topological polar surface area (TPSA) is 268 Å². The Labute approximate surface area is 257 Å². The molecule has 3 rings (SSSR count). The SMILES string of the molecule is CS(=O)(=O)NCCS(=O)(=O)CC1=C(C(=O)[O-])N2C(=O)C(NC(=O)/C(=N\OCC(=O)O)c3csc(N)n3)[C@H]2SC1.[Na+]. The van der Waals surface area contributed by atoms with Crippen molar-refractivity contribution in [3.8, 4) is 0 Å². The van der Waals surface area contributed by atoms with E-state index in [0.29, 0.717) is 0 Å². The molecule has 5 N–H and O–H groups in total. The van der Waals surface area contributed by atoms with E-state index in [1.165, 1.54) is 5.38 Å². The first-order valence-electron chi connectivity index (χ1n) is 10.6. The van der Waals surface area contributed by atoms with Crippen LogP contribution in [-0.2, 0) is 43.9 Å². The first-order valence-corrected chi connectivity index (χ1v) is 16.2. The van der Waals surface area contributed by atoms with E-state index < -0.39 is 91.1 Å². The van der Waals surface area contributed by atoms with Gasteiger partial charge in [0.1, 0.15) is 17.1 Å². The zero-order valence-corrected chi connectivity index (χ0v) is 26.1. The van der Waals surface area contributed by atoms with Crippen LogP contribution >= 0.6 is 23.1 Å². The fourth-order valence-corrected chi connectivity index (χ4v) is 7.42. The van der Waals surface area contributed by atoms with Gasteiger partial charge in [0, 0.05) is 17.7 Å². The Kier molecular flexibility index (Phi) is 11.5. The van der Waals surface area contributed by atoms with E-state index in [1.54, 1.807) is 0 Å². The smallest absolute Gasteiger partial charge is 0.543 e. The number of oxime groups is 1. The number of anilines is 1. The Morgan fingerprint density at radius 3 is 2.55 bits per heavy atom. The van der Waals surface area contributed by atoms with Crippen molar-refractivity contribution in [1.82, 2.24) is 19.9 Å². The number of β-lactam (4-membered cyclic amide) rings is 1. The molecular formula is C18H21N6NaO11S4. The molecule has 22 heteroatoms. The fraction of sp³-hybridized carbons (Fsp3) is 0.444.